The second kappa shape index (κ2) is 7.81. The van der Waals surface area contributed by atoms with Crippen LogP contribution in [0.5, 0.6) is 0 Å². The Labute approximate surface area is 176 Å². The fourth-order valence-corrected chi connectivity index (χ4v) is 3.96. The van der Waals surface area contributed by atoms with Gasteiger partial charge in [-0.3, -0.25) is 9.69 Å². The van der Waals surface area contributed by atoms with Gasteiger partial charge in [0.25, 0.3) is 0 Å². The summed E-state index contributed by atoms with van der Waals surface area (Å²) in [5.74, 6) is 0.230. The Morgan fingerprint density at radius 3 is 2.38 bits per heavy atom. The lowest BCUT2D eigenvalue weighted by Crippen LogP contribution is -2.51. The summed E-state index contributed by atoms with van der Waals surface area (Å²) in [5.41, 5.74) is 3.83. The highest BCUT2D eigenvalue weighted by atomic mass is 35.5. The minimum atomic E-state index is -0.328. The van der Waals surface area contributed by atoms with Gasteiger partial charge < -0.3 is 9.30 Å². The van der Waals surface area contributed by atoms with Crippen LogP contribution >= 0.6 is 11.6 Å². The van der Waals surface area contributed by atoms with E-state index >= 15 is 0 Å². The third-order valence-corrected chi connectivity index (χ3v) is 5.67. The topological polar surface area (TPSA) is 40.9 Å². The zero-order chi connectivity index (χ0) is 20.6. The van der Waals surface area contributed by atoms with E-state index in [1.807, 2.05) is 68.1 Å². The van der Waals surface area contributed by atoms with Gasteiger partial charge in [-0.05, 0) is 24.3 Å². The molecule has 0 unspecified atom stereocenters. The Kier molecular flexibility index (Phi) is 5.36. The van der Waals surface area contributed by atoms with Crippen molar-refractivity contribution < 1.29 is 4.79 Å². The van der Waals surface area contributed by atoms with Crippen molar-refractivity contribution in [2.45, 2.75) is 27.3 Å². The van der Waals surface area contributed by atoms with Crippen molar-refractivity contribution in [1.29, 1.82) is 0 Å². The molecule has 29 heavy (non-hydrogen) atoms. The number of pyridine rings is 1. The molecule has 6 heteroatoms. The molecule has 1 aliphatic heterocycles. The second-order valence-electron chi connectivity index (χ2n) is 8.66. The summed E-state index contributed by atoms with van der Waals surface area (Å²) in [6, 6.07) is 13.9. The molecule has 1 aliphatic rings. The van der Waals surface area contributed by atoms with Crippen LogP contribution in [0.4, 0.5) is 0 Å². The normalized spacial score (nSPS) is 15.8. The van der Waals surface area contributed by atoms with Crippen LogP contribution in [0.15, 0.2) is 48.7 Å². The zero-order valence-electron chi connectivity index (χ0n) is 17.2. The number of aromatic nitrogens is 2. The molecule has 1 saturated heterocycles. The van der Waals surface area contributed by atoms with E-state index < -0.39 is 0 Å². The molecule has 1 amide bonds. The summed E-state index contributed by atoms with van der Waals surface area (Å²) in [6.45, 7) is 10.0. The van der Waals surface area contributed by atoms with Crippen molar-refractivity contribution in [3.63, 3.8) is 0 Å². The van der Waals surface area contributed by atoms with Crippen LogP contribution in [0.3, 0.4) is 0 Å². The smallest absolute Gasteiger partial charge is 0.228 e. The van der Waals surface area contributed by atoms with Gasteiger partial charge in [0.1, 0.15) is 5.65 Å². The summed E-state index contributed by atoms with van der Waals surface area (Å²) in [5, 5.41) is 0.721. The molecular weight excluding hydrogens is 384 g/mol. The van der Waals surface area contributed by atoms with E-state index in [-0.39, 0.29) is 11.3 Å². The molecule has 1 aromatic carbocycles. The molecule has 5 nitrogen and oxygen atoms in total. The molecule has 2 aromatic heterocycles. The Bertz CT molecular complexity index is 1010. The van der Waals surface area contributed by atoms with Crippen LogP contribution in [0, 0.1) is 5.41 Å². The molecule has 0 bridgehead atoms. The largest absolute Gasteiger partial charge is 0.340 e. The van der Waals surface area contributed by atoms with Gasteiger partial charge in [0, 0.05) is 54.9 Å². The number of carbonyl (C=O) groups is 1. The number of hydrogen-bond acceptors (Lipinski definition) is 3. The SMILES string of the molecule is CC(C)(C)C(=O)N1CCN(Cc2c(-c3ccc(Cl)cc3)nc3ccccn23)CC1. The second-order valence-corrected chi connectivity index (χ2v) is 9.10. The van der Waals surface area contributed by atoms with Crippen LogP contribution in [0.2, 0.25) is 5.02 Å². The van der Waals surface area contributed by atoms with Gasteiger partial charge in [-0.25, -0.2) is 4.98 Å². The van der Waals surface area contributed by atoms with Gasteiger partial charge in [0.15, 0.2) is 0 Å². The number of amides is 1. The summed E-state index contributed by atoms with van der Waals surface area (Å²) in [4.78, 5) is 21.8. The molecule has 1 fully saturated rings. The van der Waals surface area contributed by atoms with Crippen molar-refractivity contribution in [1.82, 2.24) is 19.2 Å². The predicted octanol–water partition coefficient (Wildman–Crippen LogP) is 4.35. The summed E-state index contributed by atoms with van der Waals surface area (Å²) < 4.78 is 2.16. The van der Waals surface area contributed by atoms with Crippen molar-refractivity contribution in [3.05, 3.63) is 59.4 Å². The lowest BCUT2D eigenvalue weighted by molar-refractivity contribution is -0.141. The monoisotopic (exact) mass is 410 g/mol. The Hall–Kier alpha value is -2.37. The Morgan fingerprint density at radius 1 is 1.03 bits per heavy atom. The van der Waals surface area contributed by atoms with E-state index in [0.717, 1.165) is 54.7 Å². The molecule has 0 N–H and O–H groups in total. The standard InChI is InChI=1S/C23H27ClN4O/c1-23(2,3)22(29)27-14-12-26(13-15-27)16-19-21(17-7-9-18(24)10-8-17)25-20-6-4-5-11-28(19)20/h4-11H,12-16H2,1-3H3. The average molecular weight is 411 g/mol. The number of piperazine rings is 1. The van der Waals surface area contributed by atoms with E-state index in [9.17, 15) is 4.79 Å². The van der Waals surface area contributed by atoms with E-state index in [1.165, 1.54) is 5.69 Å². The van der Waals surface area contributed by atoms with Crippen molar-refractivity contribution in [3.8, 4) is 11.3 Å². The van der Waals surface area contributed by atoms with E-state index in [4.69, 9.17) is 16.6 Å². The van der Waals surface area contributed by atoms with Crippen LogP contribution in [0.1, 0.15) is 26.5 Å². The Morgan fingerprint density at radius 2 is 1.72 bits per heavy atom. The first-order chi connectivity index (χ1) is 13.8. The Balaban J connectivity index is 1.58. The maximum atomic E-state index is 12.6. The first-order valence-electron chi connectivity index (χ1n) is 10.1. The highest BCUT2D eigenvalue weighted by Crippen LogP contribution is 2.27. The number of benzene rings is 1. The fraction of sp³-hybridized carbons (Fsp3) is 0.391. The van der Waals surface area contributed by atoms with Crippen LogP contribution in [-0.4, -0.2) is 51.3 Å². The zero-order valence-corrected chi connectivity index (χ0v) is 18.0. The van der Waals surface area contributed by atoms with Crippen LogP contribution in [0.25, 0.3) is 16.9 Å². The number of imidazole rings is 1. The molecule has 3 aromatic rings. The number of fused-ring (bicyclic) bond motifs is 1. The number of rotatable bonds is 3. The highest BCUT2D eigenvalue weighted by Gasteiger charge is 2.30. The number of hydrogen-bond donors (Lipinski definition) is 0. The van der Waals surface area contributed by atoms with E-state index in [2.05, 4.69) is 15.5 Å². The molecule has 0 spiro atoms. The first-order valence-corrected chi connectivity index (χ1v) is 10.4. The summed E-state index contributed by atoms with van der Waals surface area (Å²) in [6.07, 6.45) is 2.07. The van der Waals surface area contributed by atoms with Crippen molar-refractivity contribution in [2.75, 3.05) is 26.2 Å². The third-order valence-electron chi connectivity index (χ3n) is 5.42. The van der Waals surface area contributed by atoms with Gasteiger partial charge in [-0.15, -0.1) is 0 Å². The number of halogens is 1. The first kappa shape index (κ1) is 19.9. The van der Waals surface area contributed by atoms with Gasteiger partial charge in [-0.2, -0.15) is 0 Å². The van der Waals surface area contributed by atoms with E-state index in [0.29, 0.717) is 0 Å². The summed E-state index contributed by atoms with van der Waals surface area (Å²) >= 11 is 6.08. The van der Waals surface area contributed by atoms with E-state index in [1.54, 1.807) is 0 Å². The molecule has 0 saturated carbocycles. The average Bonchev–Trinajstić information content (AvgIpc) is 3.06. The minimum absolute atomic E-state index is 0.230. The van der Waals surface area contributed by atoms with Gasteiger partial charge in [-0.1, -0.05) is 50.6 Å². The van der Waals surface area contributed by atoms with Crippen LogP contribution in [-0.2, 0) is 11.3 Å². The highest BCUT2D eigenvalue weighted by molar-refractivity contribution is 6.30. The third kappa shape index (κ3) is 4.16. The lowest BCUT2D eigenvalue weighted by Gasteiger charge is -2.37. The van der Waals surface area contributed by atoms with Gasteiger partial charge in [0.2, 0.25) is 5.91 Å². The molecule has 0 radical (unpaired) electrons. The number of nitrogens with zero attached hydrogens (tertiary/aromatic N) is 4. The molecule has 152 valence electrons. The maximum absolute atomic E-state index is 12.6. The quantitative estimate of drug-likeness (QED) is 0.644. The van der Waals surface area contributed by atoms with Gasteiger partial charge in [0.05, 0.1) is 11.4 Å². The van der Waals surface area contributed by atoms with Crippen molar-refractivity contribution in [2.24, 2.45) is 5.41 Å². The predicted molar refractivity (Wildman–Crippen MR) is 117 cm³/mol. The van der Waals surface area contributed by atoms with Crippen molar-refractivity contribution >= 4 is 23.2 Å². The minimum Gasteiger partial charge on any atom is -0.340 e. The summed E-state index contributed by atoms with van der Waals surface area (Å²) in [7, 11) is 0. The fourth-order valence-electron chi connectivity index (χ4n) is 3.83. The molecule has 4 rings (SSSR count). The van der Waals surface area contributed by atoms with Crippen LogP contribution < -0.4 is 0 Å². The number of carbonyl (C=O) groups excluding carboxylic acids is 1. The van der Waals surface area contributed by atoms with Gasteiger partial charge >= 0.3 is 0 Å². The lowest BCUT2D eigenvalue weighted by atomic mass is 9.94. The molecular formula is C23H27ClN4O. The maximum Gasteiger partial charge on any atom is 0.228 e. The molecule has 0 atom stereocenters. The molecule has 0 aliphatic carbocycles. The molecule has 3 heterocycles.